The average molecular weight is 156 g/mol. The van der Waals surface area contributed by atoms with Crippen LogP contribution >= 0.6 is 11.3 Å². The molecule has 0 bridgehead atoms. The molecule has 0 amide bonds. The van der Waals surface area contributed by atoms with Gasteiger partial charge in [0.25, 0.3) is 6.47 Å². The van der Waals surface area contributed by atoms with Crippen LogP contribution in [0.4, 0.5) is 0 Å². The van der Waals surface area contributed by atoms with E-state index in [0.717, 1.165) is 4.88 Å². The number of hydrogen-bond acceptors (Lipinski definition) is 3. The van der Waals surface area contributed by atoms with Crippen molar-refractivity contribution < 1.29 is 9.53 Å². The summed E-state index contributed by atoms with van der Waals surface area (Å²) in [6.45, 7) is 2.88. The van der Waals surface area contributed by atoms with Gasteiger partial charge >= 0.3 is 0 Å². The Labute approximate surface area is 63.4 Å². The summed E-state index contributed by atoms with van der Waals surface area (Å²) >= 11 is 1.61. The van der Waals surface area contributed by atoms with Crippen molar-refractivity contribution in [2.75, 3.05) is 0 Å². The zero-order chi connectivity index (χ0) is 7.40. The van der Waals surface area contributed by atoms with Crippen molar-refractivity contribution in [3.05, 3.63) is 21.9 Å². The molecule has 0 aliphatic carbocycles. The minimum atomic E-state index is 0.410. The van der Waals surface area contributed by atoms with Crippen LogP contribution in [0.25, 0.3) is 0 Å². The van der Waals surface area contributed by atoms with Crippen LogP contribution < -0.4 is 0 Å². The molecule has 1 aromatic heterocycles. The molecule has 1 aromatic rings. The Hall–Kier alpha value is -0.830. The Morgan fingerprint density at radius 3 is 3.10 bits per heavy atom. The standard InChI is InChI=1S/C7H8O2S/c1-6-2-3-10-7(6)4-9-5-8/h2-3,5H,4H2,1H3. The highest BCUT2D eigenvalue weighted by Crippen LogP contribution is 2.15. The molecule has 0 aromatic carbocycles. The number of hydrogen-bond donors (Lipinski definition) is 0. The van der Waals surface area contributed by atoms with Gasteiger partial charge in [-0.15, -0.1) is 11.3 Å². The van der Waals surface area contributed by atoms with Crippen molar-refractivity contribution in [1.82, 2.24) is 0 Å². The second-order valence-electron chi connectivity index (χ2n) is 1.93. The van der Waals surface area contributed by atoms with Gasteiger partial charge in [-0.25, -0.2) is 0 Å². The summed E-state index contributed by atoms with van der Waals surface area (Å²) < 4.78 is 4.59. The Bertz CT molecular complexity index is 217. The molecule has 0 aliphatic rings. The molecule has 0 saturated heterocycles. The van der Waals surface area contributed by atoms with E-state index in [4.69, 9.17) is 0 Å². The van der Waals surface area contributed by atoms with Crippen molar-refractivity contribution in [1.29, 1.82) is 0 Å². The first-order valence-corrected chi connectivity index (χ1v) is 3.81. The van der Waals surface area contributed by atoms with E-state index in [2.05, 4.69) is 4.74 Å². The molecule has 0 atom stereocenters. The summed E-state index contributed by atoms with van der Waals surface area (Å²) in [7, 11) is 0. The summed E-state index contributed by atoms with van der Waals surface area (Å²) in [5.74, 6) is 0. The van der Waals surface area contributed by atoms with Crippen LogP contribution in [0, 0.1) is 6.92 Å². The molecule has 0 fully saturated rings. The molecule has 10 heavy (non-hydrogen) atoms. The Kier molecular flexibility index (Phi) is 2.45. The third-order valence-electron chi connectivity index (χ3n) is 1.25. The highest BCUT2D eigenvalue weighted by Gasteiger charge is 1.97. The minimum Gasteiger partial charge on any atom is -0.462 e. The molecule has 3 heteroatoms. The van der Waals surface area contributed by atoms with Crippen molar-refractivity contribution in [2.24, 2.45) is 0 Å². The summed E-state index contributed by atoms with van der Waals surface area (Å²) in [4.78, 5) is 10.9. The van der Waals surface area contributed by atoms with Gasteiger partial charge in [-0.3, -0.25) is 4.79 Å². The summed E-state index contributed by atoms with van der Waals surface area (Å²) in [5.41, 5.74) is 1.19. The number of carbonyl (C=O) groups excluding carboxylic acids is 1. The zero-order valence-corrected chi connectivity index (χ0v) is 6.48. The quantitative estimate of drug-likeness (QED) is 0.623. The molecule has 0 saturated carbocycles. The minimum absolute atomic E-state index is 0.410. The van der Waals surface area contributed by atoms with E-state index < -0.39 is 0 Å². The van der Waals surface area contributed by atoms with Crippen LogP contribution in [-0.2, 0) is 16.1 Å². The van der Waals surface area contributed by atoms with Crippen LogP contribution in [0.2, 0.25) is 0 Å². The fourth-order valence-electron chi connectivity index (χ4n) is 0.662. The lowest BCUT2D eigenvalue weighted by Crippen LogP contribution is -1.87. The third kappa shape index (κ3) is 1.57. The summed E-state index contributed by atoms with van der Waals surface area (Å²) in [5, 5.41) is 1.98. The normalized spacial score (nSPS) is 9.30. The lowest BCUT2D eigenvalue weighted by Gasteiger charge is -1.94. The van der Waals surface area contributed by atoms with E-state index in [1.54, 1.807) is 11.3 Å². The lowest BCUT2D eigenvalue weighted by atomic mass is 10.3. The smallest absolute Gasteiger partial charge is 0.293 e. The molecular formula is C7H8O2S. The van der Waals surface area contributed by atoms with Gasteiger partial charge in [0.05, 0.1) is 0 Å². The van der Waals surface area contributed by atoms with Gasteiger partial charge < -0.3 is 4.74 Å². The van der Waals surface area contributed by atoms with Crippen LogP contribution in [-0.4, -0.2) is 6.47 Å². The molecule has 2 nitrogen and oxygen atoms in total. The maximum atomic E-state index is 9.79. The zero-order valence-electron chi connectivity index (χ0n) is 5.66. The monoisotopic (exact) mass is 156 g/mol. The topological polar surface area (TPSA) is 26.3 Å². The molecule has 1 rings (SSSR count). The molecule has 1 heterocycles. The van der Waals surface area contributed by atoms with Gasteiger partial charge in [-0.05, 0) is 23.9 Å². The van der Waals surface area contributed by atoms with Gasteiger partial charge in [-0.1, -0.05) is 0 Å². The second kappa shape index (κ2) is 3.37. The van der Waals surface area contributed by atoms with Crippen LogP contribution in [0.3, 0.4) is 0 Å². The van der Waals surface area contributed by atoms with Gasteiger partial charge in [0.2, 0.25) is 0 Å². The van der Waals surface area contributed by atoms with Crippen LogP contribution in [0.15, 0.2) is 11.4 Å². The fraction of sp³-hybridized carbons (Fsp3) is 0.286. The first kappa shape index (κ1) is 7.28. The number of rotatable bonds is 3. The van der Waals surface area contributed by atoms with E-state index in [1.807, 2.05) is 18.4 Å². The molecule has 0 unspecified atom stereocenters. The first-order chi connectivity index (χ1) is 4.84. The predicted octanol–water partition coefficient (Wildman–Crippen LogP) is 1.73. The van der Waals surface area contributed by atoms with Crippen LogP contribution in [0.5, 0.6) is 0 Å². The average Bonchev–Trinajstić information content (AvgIpc) is 2.31. The van der Waals surface area contributed by atoms with E-state index in [1.165, 1.54) is 5.56 Å². The largest absolute Gasteiger partial charge is 0.462 e. The molecular weight excluding hydrogens is 148 g/mol. The van der Waals surface area contributed by atoms with Gasteiger partial charge in [0.1, 0.15) is 6.61 Å². The van der Waals surface area contributed by atoms with Crippen molar-refractivity contribution >= 4 is 17.8 Å². The van der Waals surface area contributed by atoms with E-state index in [9.17, 15) is 4.79 Å². The summed E-state index contributed by atoms with van der Waals surface area (Å²) in [6.07, 6.45) is 0. The van der Waals surface area contributed by atoms with E-state index in [0.29, 0.717) is 13.1 Å². The van der Waals surface area contributed by atoms with Gasteiger partial charge in [-0.2, -0.15) is 0 Å². The third-order valence-corrected chi connectivity index (χ3v) is 2.25. The highest BCUT2D eigenvalue weighted by atomic mass is 32.1. The fourth-order valence-corrected chi connectivity index (χ4v) is 1.49. The molecule has 54 valence electrons. The van der Waals surface area contributed by atoms with Crippen LogP contribution in [0.1, 0.15) is 10.4 Å². The second-order valence-corrected chi connectivity index (χ2v) is 2.93. The number of thiophene rings is 1. The molecule has 0 aliphatic heterocycles. The molecule has 0 spiro atoms. The number of aryl methyl sites for hydroxylation is 1. The molecule has 0 radical (unpaired) electrons. The van der Waals surface area contributed by atoms with Crippen molar-refractivity contribution in [2.45, 2.75) is 13.5 Å². The van der Waals surface area contributed by atoms with Crippen molar-refractivity contribution in [3.8, 4) is 0 Å². The maximum Gasteiger partial charge on any atom is 0.293 e. The van der Waals surface area contributed by atoms with E-state index >= 15 is 0 Å². The SMILES string of the molecule is Cc1ccsc1COC=O. The Morgan fingerprint density at radius 2 is 2.60 bits per heavy atom. The van der Waals surface area contributed by atoms with Gasteiger partial charge in [0, 0.05) is 4.88 Å². The number of carbonyl (C=O) groups is 1. The maximum absolute atomic E-state index is 9.79. The lowest BCUT2D eigenvalue weighted by molar-refractivity contribution is -0.129. The Balaban J connectivity index is 2.56. The first-order valence-electron chi connectivity index (χ1n) is 2.93. The Morgan fingerprint density at radius 1 is 1.80 bits per heavy atom. The molecule has 0 N–H and O–H groups in total. The number of ether oxygens (including phenoxy) is 1. The van der Waals surface area contributed by atoms with E-state index in [-0.39, 0.29) is 0 Å². The van der Waals surface area contributed by atoms with Gasteiger partial charge in [0.15, 0.2) is 0 Å². The highest BCUT2D eigenvalue weighted by molar-refractivity contribution is 7.10. The summed E-state index contributed by atoms with van der Waals surface area (Å²) in [6, 6.07) is 2.01. The predicted molar refractivity (Wildman–Crippen MR) is 39.9 cm³/mol. The van der Waals surface area contributed by atoms with Crippen molar-refractivity contribution in [3.63, 3.8) is 0 Å².